The minimum atomic E-state index is -0.159. The van der Waals surface area contributed by atoms with Gasteiger partial charge in [0.2, 0.25) is 0 Å². The topological polar surface area (TPSA) is 57.8 Å². The van der Waals surface area contributed by atoms with Crippen LogP contribution < -0.4 is 5.32 Å². The lowest BCUT2D eigenvalue weighted by Gasteiger charge is -2.11. The molecule has 0 bridgehead atoms. The van der Waals surface area contributed by atoms with Crippen molar-refractivity contribution in [3.63, 3.8) is 0 Å². The Balaban J connectivity index is 2.06. The molecule has 4 nitrogen and oxygen atoms in total. The van der Waals surface area contributed by atoms with Gasteiger partial charge >= 0.3 is 0 Å². The quantitative estimate of drug-likeness (QED) is 0.886. The second kappa shape index (κ2) is 4.67. The van der Waals surface area contributed by atoms with Gasteiger partial charge in [-0.25, -0.2) is 0 Å². The second-order valence-electron chi connectivity index (χ2n) is 3.32. The second-order valence-corrected chi connectivity index (χ2v) is 4.65. The minimum absolute atomic E-state index is 0.0931. The number of nitrogens with zero attached hydrogens (tertiary/aromatic N) is 1. The average Bonchev–Trinajstić information content (AvgIpc) is 2.86. The van der Waals surface area contributed by atoms with Crippen molar-refractivity contribution in [1.82, 2.24) is 15.5 Å². The third-order valence-electron chi connectivity index (χ3n) is 2.19. The molecule has 0 saturated carbocycles. The van der Waals surface area contributed by atoms with E-state index >= 15 is 0 Å². The fourth-order valence-electron chi connectivity index (χ4n) is 1.30. The molecule has 2 N–H and O–H groups in total. The summed E-state index contributed by atoms with van der Waals surface area (Å²) in [4.78, 5) is 12.4. The highest BCUT2D eigenvalue weighted by Gasteiger charge is 2.15. The van der Waals surface area contributed by atoms with E-state index in [0.717, 1.165) is 5.56 Å². The highest BCUT2D eigenvalue weighted by Crippen LogP contribution is 2.22. The van der Waals surface area contributed by atoms with E-state index < -0.39 is 0 Å². The van der Waals surface area contributed by atoms with Gasteiger partial charge in [-0.15, -0.1) is 11.3 Å². The van der Waals surface area contributed by atoms with Gasteiger partial charge in [0.25, 0.3) is 5.91 Å². The molecule has 2 rings (SSSR count). The Morgan fingerprint density at radius 3 is 3.06 bits per heavy atom. The Morgan fingerprint density at radius 1 is 1.69 bits per heavy atom. The Bertz CT molecular complexity index is 480. The summed E-state index contributed by atoms with van der Waals surface area (Å²) >= 11 is 7.20. The standard InChI is InChI=1S/C10H10ClN3OS/c1-6(7-4-12-13-5-7)14-10(15)9-8(11)2-3-16-9/h2-6H,1H3,(H,12,13)(H,14,15). The van der Waals surface area contributed by atoms with Crippen LogP contribution in [0.3, 0.4) is 0 Å². The number of halogens is 1. The van der Waals surface area contributed by atoms with Crippen molar-refractivity contribution in [3.05, 3.63) is 39.3 Å². The van der Waals surface area contributed by atoms with Crippen LogP contribution in [0.4, 0.5) is 0 Å². The molecule has 0 aliphatic heterocycles. The Kier molecular flexibility index (Phi) is 3.26. The largest absolute Gasteiger partial charge is 0.345 e. The first-order chi connectivity index (χ1) is 7.68. The van der Waals surface area contributed by atoms with Crippen molar-refractivity contribution in [2.24, 2.45) is 0 Å². The summed E-state index contributed by atoms with van der Waals surface area (Å²) < 4.78 is 0. The van der Waals surface area contributed by atoms with Gasteiger partial charge in [0.05, 0.1) is 17.3 Å². The zero-order valence-electron chi connectivity index (χ0n) is 8.53. The fraction of sp³-hybridized carbons (Fsp3) is 0.200. The third kappa shape index (κ3) is 2.25. The maximum Gasteiger partial charge on any atom is 0.263 e. The number of amides is 1. The lowest BCUT2D eigenvalue weighted by Crippen LogP contribution is -2.25. The predicted octanol–water partition coefficient (Wildman–Crippen LogP) is 2.62. The summed E-state index contributed by atoms with van der Waals surface area (Å²) in [6, 6.07) is 1.62. The van der Waals surface area contributed by atoms with Crippen molar-refractivity contribution in [1.29, 1.82) is 0 Å². The van der Waals surface area contributed by atoms with Gasteiger partial charge in [0.1, 0.15) is 4.88 Å². The molecule has 84 valence electrons. The van der Waals surface area contributed by atoms with Crippen LogP contribution in [0.15, 0.2) is 23.8 Å². The predicted molar refractivity (Wildman–Crippen MR) is 63.8 cm³/mol. The number of carbonyl (C=O) groups excluding carboxylic acids is 1. The van der Waals surface area contributed by atoms with Crippen LogP contribution in [0.1, 0.15) is 28.2 Å². The molecule has 0 radical (unpaired) electrons. The van der Waals surface area contributed by atoms with Crippen LogP contribution in [0.2, 0.25) is 5.02 Å². The first-order valence-corrected chi connectivity index (χ1v) is 5.97. The lowest BCUT2D eigenvalue weighted by atomic mass is 10.2. The van der Waals surface area contributed by atoms with E-state index in [2.05, 4.69) is 15.5 Å². The summed E-state index contributed by atoms with van der Waals surface area (Å²) in [5, 5.41) is 11.7. The van der Waals surface area contributed by atoms with Crippen LogP contribution in [-0.2, 0) is 0 Å². The molecule has 0 aromatic carbocycles. The molecule has 1 amide bonds. The normalized spacial score (nSPS) is 12.4. The van der Waals surface area contributed by atoms with Crippen molar-refractivity contribution < 1.29 is 4.79 Å². The summed E-state index contributed by atoms with van der Waals surface area (Å²) in [5.41, 5.74) is 0.932. The summed E-state index contributed by atoms with van der Waals surface area (Å²) in [6.45, 7) is 1.89. The van der Waals surface area contributed by atoms with Gasteiger partial charge < -0.3 is 5.32 Å². The molecule has 0 fully saturated rings. The maximum atomic E-state index is 11.8. The van der Waals surface area contributed by atoms with Gasteiger partial charge in [-0.2, -0.15) is 5.10 Å². The average molecular weight is 256 g/mol. The molecule has 0 saturated heterocycles. The molecule has 2 heterocycles. The van der Waals surface area contributed by atoms with Crippen molar-refractivity contribution >= 4 is 28.8 Å². The fourth-order valence-corrected chi connectivity index (χ4v) is 2.34. The molecule has 16 heavy (non-hydrogen) atoms. The van der Waals surface area contributed by atoms with Gasteiger partial charge in [-0.3, -0.25) is 9.89 Å². The molecule has 0 aliphatic carbocycles. The monoisotopic (exact) mass is 255 g/mol. The van der Waals surface area contributed by atoms with Crippen molar-refractivity contribution in [3.8, 4) is 0 Å². The van der Waals surface area contributed by atoms with Crippen LogP contribution in [0, 0.1) is 0 Å². The summed E-state index contributed by atoms with van der Waals surface area (Å²) in [5.74, 6) is -0.159. The molecule has 1 unspecified atom stereocenters. The Hall–Kier alpha value is -1.33. The van der Waals surface area contributed by atoms with E-state index in [0.29, 0.717) is 9.90 Å². The molecule has 2 aromatic rings. The van der Waals surface area contributed by atoms with Crippen LogP contribution in [0.5, 0.6) is 0 Å². The Labute approximate surface area is 102 Å². The van der Waals surface area contributed by atoms with Crippen molar-refractivity contribution in [2.45, 2.75) is 13.0 Å². The number of nitrogens with one attached hydrogen (secondary N) is 2. The minimum Gasteiger partial charge on any atom is -0.345 e. The smallest absolute Gasteiger partial charge is 0.263 e. The summed E-state index contributed by atoms with van der Waals surface area (Å²) in [6.07, 6.45) is 3.43. The SMILES string of the molecule is CC(NC(=O)c1sccc1Cl)c1cn[nH]c1. The molecular formula is C10H10ClN3OS. The van der Waals surface area contributed by atoms with E-state index in [-0.39, 0.29) is 11.9 Å². The van der Waals surface area contributed by atoms with Crippen LogP contribution in [-0.4, -0.2) is 16.1 Å². The Morgan fingerprint density at radius 2 is 2.50 bits per heavy atom. The first-order valence-electron chi connectivity index (χ1n) is 4.71. The number of hydrogen-bond donors (Lipinski definition) is 2. The third-order valence-corrected chi connectivity index (χ3v) is 3.53. The molecular weight excluding hydrogens is 246 g/mol. The highest BCUT2D eigenvalue weighted by atomic mass is 35.5. The lowest BCUT2D eigenvalue weighted by molar-refractivity contribution is 0.0944. The van der Waals surface area contributed by atoms with E-state index in [1.54, 1.807) is 23.8 Å². The number of hydrogen-bond acceptors (Lipinski definition) is 3. The zero-order chi connectivity index (χ0) is 11.5. The number of thiophene rings is 1. The molecule has 2 aromatic heterocycles. The first kappa shape index (κ1) is 11.2. The van der Waals surface area contributed by atoms with Crippen molar-refractivity contribution in [2.75, 3.05) is 0 Å². The highest BCUT2D eigenvalue weighted by molar-refractivity contribution is 7.12. The maximum absolute atomic E-state index is 11.8. The van der Waals surface area contributed by atoms with Gasteiger partial charge in [0, 0.05) is 11.8 Å². The number of aromatic amines is 1. The number of H-pyrrole nitrogens is 1. The molecule has 0 spiro atoms. The van der Waals surface area contributed by atoms with E-state index in [1.165, 1.54) is 11.3 Å². The van der Waals surface area contributed by atoms with E-state index in [4.69, 9.17) is 11.6 Å². The molecule has 6 heteroatoms. The van der Waals surface area contributed by atoms with Gasteiger partial charge in [-0.05, 0) is 18.4 Å². The van der Waals surface area contributed by atoms with E-state index in [9.17, 15) is 4.79 Å². The van der Waals surface area contributed by atoms with Crippen LogP contribution >= 0.6 is 22.9 Å². The van der Waals surface area contributed by atoms with Gasteiger partial charge in [0.15, 0.2) is 0 Å². The number of carbonyl (C=O) groups is 1. The number of rotatable bonds is 3. The molecule has 0 aliphatic rings. The van der Waals surface area contributed by atoms with Crippen LogP contribution in [0.25, 0.3) is 0 Å². The van der Waals surface area contributed by atoms with Gasteiger partial charge in [-0.1, -0.05) is 11.6 Å². The molecule has 1 atom stereocenters. The number of aromatic nitrogens is 2. The zero-order valence-corrected chi connectivity index (χ0v) is 10.1. The summed E-state index contributed by atoms with van der Waals surface area (Å²) in [7, 11) is 0. The van der Waals surface area contributed by atoms with E-state index in [1.807, 2.05) is 6.92 Å².